The molecule has 1 aromatic heterocycles. The number of hydrogen-bond donors (Lipinski definition) is 2. The van der Waals surface area contributed by atoms with Crippen molar-refractivity contribution in [3.8, 4) is 17.0 Å². The summed E-state index contributed by atoms with van der Waals surface area (Å²) in [4.78, 5) is 18.9. The van der Waals surface area contributed by atoms with Crippen molar-refractivity contribution in [3.63, 3.8) is 0 Å². The number of nitrogens with zero attached hydrogens (tertiary/aromatic N) is 1. The molecule has 0 spiro atoms. The van der Waals surface area contributed by atoms with E-state index in [-0.39, 0.29) is 17.0 Å². The molecule has 0 fully saturated rings. The van der Waals surface area contributed by atoms with Crippen molar-refractivity contribution in [2.45, 2.75) is 20.3 Å². The molecule has 1 heterocycles. The first kappa shape index (κ1) is 14.3. The summed E-state index contributed by atoms with van der Waals surface area (Å²) in [6.45, 7) is 4.85. The Kier molecular flexibility index (Phi) is 4.53. The largest absolute Gasteiger partial charge is 0.493 e. The number of ether oxygens (including phenoxy) is 1. The number of benzene rings is 1. The minimum atomic E-state index is -0.335. The summed E-state index contributed by atoms with van der Waals surface area (Å²) < 4.78 is 5.21. The maximum Gasteiger partial charge on any atom is 0.262 e. The molecule has 1 aromatic carbocycles. The fourth-order valence-electron chi connectivity index (χ4n) is 2.03. The molecular weight excluding hydrogens is 256 g/mol. The number of H-pyrrole nitrogens is 1. The summed E-state index contributed by atoms with van der Waals surface area (Å²) in [6.07, 6.45) is 0.463. The van der Waals surface area contributed by atoms with Gasteiger partial charge in [-0.2, -0.15) is 4.98 Å². The van der Waals surface area contributed by atoms with E-state index in [0.717, 1.165) is 5.56 Å². The van der Waals surface area contributed by atoms with Crippen molar-refractivity contribution in [1.82, 2.24) is 9.97 Å². The highest BCUT2D eigenvalue weighted by Crippen LogP contribution is 2.26. The summed E-state index contributed by atoms with van der Waals surface area (Å²) in [7, 11) is 0. The topological polar surface area (TPSA) is 75.2 Å². The molecule has 2 N–H and O–H groups in total. The van der Waals surface area contributed by atoms with Gasteiger partial charge in [-0.3, -0.25) is 4.79 Å². The SMILES string of the molecule is CCOCCc1nc(O)c(-c2ccccc2C)c(=O)[nH]1. The number of aryl methyl sites for hydroxylation is 1. The maximum absolute atomic E-state index is 12.1. The van der Waals surface area contributed by atoms with Crippen molar-refractivity contribution >= 4 is 0 Å². The monoisotopic (exact) mass is 274 g/mol. The minimum Gasteiger partial charge on any atom is -0.493 e. The summed E-state index contributed by atoms with van der Waals surface area (Å²) in [6, 6.07) is 7.39. The molecule has 0 aliphatic heterocycles. The molecule has 106 valence electrons. The van der Waals surface area contributed by atoms with Crippen LogP contribution in [-0.4, -0.2) is 28.3 Å². The van der Waals surface area contributed by atoms with E-state index < -0.39 is 0 Å². The molecule has 2 rings (SSSR count). The van der Waals surface area contributed by atoms with E-state index >= 15 is 0 Å². The third kappa shape index (κ3) is 3.05. The lowest BCUT2D eigenvalue weighted by Gasteiger charge is -2.08. The molecule has 5 heteroatoms. The molecule has 0 aliphatic rings. The molecule has 0 saturated carbocycles. The molecule has 0 aliphatic carbocycles. The summed E-state index contributed by atoms with van der Waals surface area (Å²) in [5.74, 6) is 0.188. The summed E-state index contributed by atoms with van der Waals surface area (Å²) in [5, 5.41) is 10.0. The first-order valence-electron chi connectivity index (χ1n) is 6.59. The standard InChI is InChI=1S/C15H18N2O3/c1-3-20-9-8-12-16-14(18)13(15(19)17-12)11-7-5-4-6-10(11)2/h4-7H,3,8-9H2,1-2H3,(H2,16,17,18,19). The number of rotatable bonds is 5. The molecular formula is C15H18N2O3. The van der Waals surface area contributed by atoms with E-state index in [4.69, 9.17) is 4.74 Å². The van der Waals surface area contributed by atoms with Gasteiger partial charge in [0.05, 0.1) is 6.61 Å². The molecule has 0 atom stereocenters. The first-order valence-corrected chi connectivity index (χ1v) is 6.59. The van der Waals surface area contributed by atoms with Crippen LogP contribution in [0.3, 0.4) is 0 Å². The highest BCUT2D eigenvalue weighted by Gasteiger charge is 2.14. The summed E-state index contributed by atoms with van der Waals surface area (Å²) in [5.41, 5.74) is 1.48. The smallest absolute Gasteiger partial charge is 0.262 e. The lowest BCUT2D eigenvalue weighted by Crippen LogP contribution is -2.15. The molecule has 0 radical (unpaired) electrons. The zero-order valence-corrected chi connectivity index (χ0v) is 11.6. The molecule has 5 nitrogen and oxygen atoms in total. The Bertz CT molecular complexity index is 650. The molecule has 2 aromatic rings. The van der Waals surface area contributed by atoms with Gasteiger partial charge in [-0.25, -0.2) is 0 Å². The average Bonchev–Trinajstić information content (AvgIpc) is 2.40. The fourth-order valence-corrected chi connectivity index (χ4v) is 2.03. The van der Waals surface area contributed by atoms with Gasteiger partial charge in [-0.05, 0) is 25.0 Å². The minimum absolute atomic E-state index is 0.211. The molecule has 20 heavy (non-hydrogen) atoms. The van der Waals surface area contributed by atoms with Crippen molar-refractivity contribution in [1.29, 1.82) is 0 Å². The number of aromatic nitrogens is 2. The van der Waals surface area contributed by atoms with Crippen LogP contribution >= 0.6 is 0 Å². The predicted octanol–water partition coefficient (Wildman–Crippen LogP) is 2.03. The van der Waals surface area contributed by atoms with Gasteiger partial charge >= 0.3 is 0 Å². The summed E-state index contributed by atoms with van der Waals surface area (Å²) >= 11 is 0. The molecule has 0 bridgehead atoms. The van der Waals surface area contributed by atoms with Gasteiger partial charge in [-0.1, -0.05) is 24.3 Å². The first-order chi connectivity index (χ1) is 9.63. The Morgan fingerprint density at radius 2 is 2.10 bits per heavy atom. The van der Waals surface area contributed by atoms with Crippen LogP contribution in [-0.2, 0) is 11.2 Å². The Labute approximate surface area is 117 Å². The van der Waals surface area contributed by atoms with Crippen LogP contribution < -0.4 is 5.56 Å². The van der Waals surface area contributed by atoms with Crippen LogP contribution in [0.15, 0.2) is 29.1 Å². The van der Waals surface area contributed by atoms with Crippen LogP contribution in [0, 0.1) is 6.92 Å². The maximum atomic E-state index is 12.1. The Balaban J connectivity index is 2.37. The van der Waals surface area contributed by atoms with Gasteiger partial charge in [0, 0.05) is 13.0 Å². The van der Waals surface area contributed by atoms with Crippen LogP contribution in [0.4, 0.5) is 0 Å². The number of aromatic amines is 1. The quantitative estimate of drug-likeness (QED) is 0.818. The van der Waals surface area contributed by atoms with E-state index in [1.54, 1.807) is 6.07 Å². The Morgan fingerprint density at radius 1 is 1.35 bits per heavy atom. The van der Waals surface area contributed by atoms with Gasteiger partial charge in [0.1, 0.15) is 11.4 Å². The Hall–Kier alpha value is -2.14. The zero-order chi connectivity index (χ0) is 14.5. The van der Waals surface area contributed by atoms with E-state index in [1.807, 2.05) is 32.0 Å². The molecule has 0 saturated heterocycles. The second-order valence-corrected chi connectivity index (χ2v) is 4.47. The van der Waals surface area contributed by atoms with Crippen LogP contribution in [0.5, 0.6) is 5.88 Å². The van der Waals surface area contributed by atoms with Gasteiger partial charge in [-0.15, -0.1) is 0 Å². The predicted molar refractivity (Wildman–Crippen MR) is 76.9 cm³/mol. The van der Waals surface area contributed by atoms with Crippen molar-refractivity contribution < 1.29 is 9.84 Å². The lowest BCUT2D eigenvalue weighted by molar-refractivity contribution is 0.149. The second-order valence-electron chi connectivity index (χ2n) is 4.47. The third-order valence-corrected chi connectivity index (χ3v) is 3.05. The average molecular weight is 274 g/mol. The van der Waals surface area contributed by atoms with Crippen LogP contribution in [0.25, 0.3) is 11.1 Å². The van der Waals surface area contributed by atoms with Gasteiger partial charge in [0.15, 0.2) is 0 Å². The highest BCUT2D eigenvalue weighted by atomic mass is 16.5. The lowest BCUT2D eigenvalue weighted by atomic mass is 10.0. The second kappa shape index (κ2) is 6.34. The molecule has 0 unspecified atom stereocenters. The third-order valence-electron chi connectivity index (χ3n) is 3.05. The normalized spacial score (nSPS) is 10.7. The highest BCUT2D eigenvalue weighted by molar-refractivity contribution is 5.70. The van der Waals surface area contributed by atoms with Crippen molar-refractivity contribution in [2.75, 3.05) is 13.2 Å². The van der Waals surface area contributed by atoms with Crippen LogP contribution in [0.2, 0.25) is 0 Å². The van der Waals surface area contributed by atoms with Crippen molar-refractivity contribution in [2.24, 2.45) is 0 Å². The number of nitrogens with one attached hydrogen (secondary N) is 1. The Morgan fingerprint density at radius 3 is 2.75 bits per heavy atom. The van der Waals surface area contributed by atoms with E-state index in [9.17, 15) is 9.90 Å². The van der Waals surface area contributed by atoms with Crippen LogP contribution in [0.1, 0.15) is 18.3 Å². The van der Waals surface area contributed by atoms with Gasteiger partial charge in [0.25, 0.3) is 5.56 Å². The van der Waals surface area contributed by atoms with Gasteiger partial charge in [0.2, 0.25) is 5.88 Å². The van der Waals surface area contributed by atoms with E-state index in [2.05, 4.69) is 9.97 Å². The molecule has 0 amide bonds. The number of aromatic hydroxyl groups is 1. The van der Waals surface area contributed by atoms with E-state index in [1.165, 1.54) is 0 Å². The zero-order valence-electron chi connectivity index (χ0n) is 11.6. The fraction of sp³-hybridized carbons (Fsp3) is 0.333. The number of hydrogen-bond acceptors (Lipinski definition) is 4. The van der Waals surface area contributed by atoms with Crippen molar-refractivity contribution in [3.05, 3.63) is 46.0 Å². The van der Waals surface area contributed by atoms with E-state index in [0.29, 0.717) is 31.0 Å². The van der Waals surface area contributed by atoms with Gasteiger partial charge < -0.3 is 14.8 Å².